The standard InChI is InChI=1S/C13H18O2Si/c1-6-12(14)15-13-10(2)8-7-9-11(13)16(3,4)5/h6-9H,1H2,2-5H3. The summed E-state index contributed by atoms with van der Waals surface area (Å²) in [5, 5.41) is 1.17. The molecule has 0 unspecified atom stereocenters. The summed E-state index contributed by atoms with van der Waals surface area (Å²) >= 11 is 0. The maximum atomic E-state index is 11.3. The van der Waals surface area contributed by atoms with E-state index in [-0.39, 0.29) is 0 Å². The first kappa shape index (κ1) is 12.7. The molecule has 0 aromatic heterocycles. The van der Waals surface area contributed by atoms with E-state index >= 15 is 0 Å². The molecule has 0 aliphatic heterocycles. The van der Waals surface area contributed by atoms with Crippen molar-refractivity contribution in [3.8, 4) is 5.75 Å². The van der Waals surface area contributed by atoms with Gasteiger partial charge in [-0.25, -0.2) is 4.79 Å². The fourth-order valence-corrected chi connectivity index (χ4v) is 3.05. The molecule has 1 aromatic rings. The highest BCUT2D eigenvalue weighted by molar-refractivity contribution is 6.89. The molecule has 0 saturated heterocycles. The quantitative estimate of drug-likeness (QED) is 0.348. The van der Waals surface area contributed by atoms with Crippen molar-refractivity contribution in [3.63, 3.8) is 0 Å². The number of hydrogen-bond donors (Lipinski definition) is 0. The Kier molecular flexibility index (Phi) is 3.70. The second-order valence-corrected chi connectivity index (χ2v) is 9.87. The van der Waals surface area contributed by atoms with E-state index in [1.165, 1.54) is 11.3 Å². The summed E-state index contributed by atoms with van der Waals surface area (Å²) in [6.45, 7) is 12.1. The lowest BCUT2D eigenvalue weighted by Crippen LogP contribution is -2.39. The van der Waals surface area contributed by atoms with E-state index < -0.39 is 14.0 Å². The van der Waals surface area contributed by atoms with E-state index in [9.17, 15) is 4.79 Å². The van der Waals surface area contributed by atoms with Crippen LogP contribution in [0.2, 0.25) is 19.6 Å². The lowest BCUT2D eigenvalue weighted by Gasteiger charge is -2.21. The predicted octanol–water partition coefficient (Wildman–Crippen LogP) is 2.63. The average Bonchev–Trinajstić information content (AvgIpc) is 2.19. The van der Waals surface area contributed by atoms with E-state index in [0.29, 0.717) is 5.75 Å². The maximum Gasteiger partial charge on any atom is 0.335 e. The summed E-state index contributed by atoms with van der Waals surface area (Å²) in [6, 6.07) is 6.01. The van der Waals surface area contributed by atoms with Gasteiger partial charge < -0.3 is 4.74 Å². The van der Waals surface area contributed by atoms with Crippen molar-refractivity contribution in [2.24, 2.45) is 0 Å². The van der Waals surface area contributed by atoms with Crippen LogP contribution in [0, 0.1) is 6.92 Å². The van der Waals surface area contributed by atoms with Crippen LogP contribution in [-0.2, 0) is 4.79 Å². The Labute approximate surface area is 98.0 Å². The molecule has 16 heavy (non-hydrogen) atoms. The normalized spacial score (nSPS) is 11.0. The summed E-state index contributed by atoms with van der Waals surface area (Å²) in [5.74, 6) is 0.320. The summed E-state index contributed by atoms with van der Waals surface area (Å²) in [5.41, 5.74) is 0.995. The summed E-state index contributed by atoms with van der Waals surface area (Å²) in [4.78, 5) is 11.3. The predicted molar refractivity (Wildman–Crippen MR) is 70.0 cm³/mol. The minimum atomic E-state index is -1.50. The molecule has 0 bridgehead atoms. The molecule has 0 aliphatic carbocycles. The fourth-order valence-electron chi connectivity index (χ4n) is 1.52. The van der Waals surface area contributed by atoms with Gasteiger partial charge in [-0.1, -0.05) is 44.4 Å². The number of esters is 1. The average molecular weight is 234 g/mol. The van der Waals surface area contributed by atoms with Crippen LogP contribution in [0.4, 0.5) is 0 Å². The van der Waals surface area contributed by atoms with Crippen LogP contribution in [0.3, 0.4) is 0 Å². The van der Waals surface area contributed by atoms with Crippen LogP contribution in [0.5, 0.6) is 5.75 Å². The monoisotopic (exact) mass is 234 g/mol. The molecule has 0 fully saturated rings. The minimum Gasteiger partial charge on any atom is -0.423 e. The first-order chi connectivity index (χ1) is 7.36. The zero-order valence-corrected chi connectivity index (χ0v) is 11.3. The molecule has 0 spiro atoms. The van der Waals surface area contributed by atoms with Crippen LogP contribution in [0.1, 0.15) is 5.56 Å². The number of ether oxygens (including phenoxy) is 1. The topological polar surface area (TPSA) is 26.3 Å². The van der Waals surface area contributed by atoms with E-state index in [1.54, 1.807) is 0 Å². The van der Waals surface area contributed by atoms with Gasteiger partial charge in [0.15, 0.2) is 0 Å². The molecule has 0 aliphatic rings. The van der Waals surface area contributed by atoms with Crippen molar-refractivity contribution in [3.05, 3.63) is 36.4 Å². The van der Waals surface area contributed by atoms with Crippen LogP contribution < -0.4 is 9.92 Å². The zero-order valence-electron chi connectivity index (χ0n) is 10.3. The maximum absolute atomic E-state index is 11.3. The lowest BCUT2D eigenvalue weighted by molar-refractivity contribution is -0.128. The van der Waals surface area contributed by atoms with Gasteiger partial charge in [0.25, 0.3) is 0 Å². The third-order valence-electron chi connectivity index (χ3n) is 2.39. The second-order valence-electron chi connectivity index (χ2n) is 4.83. The number of carbonyl (C=O) groups is 1. The molecule has 0 saturated carbocycles. The molecule has 1 rings (SSSR count). The van der Waals surface area contributed by atoms with E-state index in [2.05, 4.69) is 26.2 Å². The van der Waals surface area contributed by atoms with E-state index in [1.807, 2.05) is 25.1 Å². The number of aryl methyl sites for hydroxylation is 1. The summed E-state index contributed by atoms with van der Waals surface area (Å²) in [6.07, 6.45) is 1.19. The van der Waals surface area contributed by atoms with E-state index in [4.69, 9.17) is 4.74 Å². The van der Waals surface area contributed by atoms with Gasteiger partial charge >= 0.3 is 5.97 Å². The highest BCUT2D eigenvalue weighted by Gasteiger charge is 2.23. The van der Waals surface area contributed by atoms with Crippen molar-refractivity contribution in [2.75, 3.05) is 0 Å². The lowest BCUT2D eigenvalue weighted by atomic mass is 10.2. The summed E-state index contributed by atoms with van der Waals surface area (Å²) < 4.78 is 5.33. The second kappa shape index (κ2) is 4.66. The molecule has 0 atom stereocenters. The van der Waals surface area contributed by atoms with Crippen LogP contribution in [-0.4, -0.2) is 14.0 Å². The Morgan fingerprint density at radius 3 is 2.50 bits per heavy atom. The van der Waals surface area contributed by atoms with E-state index in [0.717, 1.165) is 5.56 Å². The third-order valence-corrected chi connectivity index (χ3v) is 4.40. The Hall–Kier alpha value is -1.35. The van der Waals surface area contributed by atoms with Gasteiger partial charge in [-0.3, -0.25) is 0 Å². The highest BCUT2D eigenvalue weighted by atomic mass is 28.3. The first-order valence-electron chi connectivity index (χ1n) is 5.30. The van der Waals surface area contributed by atoms with Crippen LogP contribution in [0.15, 0.2) is 30.9 Å². The highest BCUT2D eigenvalue weighted by Crippen LogP contribution is 2.19. The Morgan fingerprint density at radius 1 is 1.38 bits per heavy atom. The van der Waals surface area contributed by atoms with Crippen LogP contribution >= 0.6 is 0 Å². The van der Waals surface area contributed by atoms with Gasteiger partial charge in [0.2, 0.25) is 0 Å². The first-order valence-corrected chi connectivity index (χ1v) is 8.80. The number of para-hydroxylation sites is 1. The number of hydrogen-bond acceptors (Lipinski definition) is 2. The molecule has 0 amide bonds. The molecule has 0 heterocycles. The smallest absolute Gasteiger partial charge is 0.335 e. The van der Waals surface area contributed by atoms with Crippen molar-refractivity contribution < 1.29 is 9.53 Å². The Balaban J connectivity index is 3.24. The molecular formula is C13H18O2Si. The SMILES string of the molecule is C=CC(=O)Oc1c(C)cccc1[Si](C)(C)C. The number of rotatable bonds is 3. The molecule has 1 aromatic carbocycles. The number of benzene rings is 1. The van der Waals surface area contributed by atoms with Gasteiger partial charge in [-0.15, -0.1) is 0 Å². The minimum absolute atomic E-state index is 0.395. The van der Waals surface area contributed by atoms with Gasteiger partial charge in [0.05, 0.1) is 8.07 Å². The largest absolute Gasteiger partial charge is 0.423 e. The summed E-state index contributed by atoms with van der Waals surface area (Å²) in [7, 11) is -1.50. The van der Waals surface area contributed by atoms with Crippen molar-refractivity contribution in [1.82, 2.24) is 0 Å². The molecule has 86 valence electrons. The molecule has 0 N–H and O–H groups in total. The van der Waals surface area contributed by atoms with Crippen LogP contribution in [0.25, 0.3) is 0 Å². The zero-order chi connectivity index (χ0) is 12.3. The Morgan fingerprint density at radius 2 is 2.00 bits per heavy atom. The Bertz CT molecular complexity index is 416. The number of carbonyl (C=O) groups excluding carboxylic acids is 1. The van der Waals surface area contributed by atoms with Gasteiger partial charge in [-0.2, -0.15) is 0 Å². The van der Waals surface area contributed by atoms with Crippen molar-refractivity contribution >= 4 is 19.2 Å². The van der Waals surface area contributed by atoms with Gasteiger partial charge in [0.1, 0.15) is 5.75 Å². The van der Waals surface area contributed by atoms with Gasteiger partial charge in [0, 0.05) is 6.08 Å². The fraction of sp³-hybridized carbons (Fsp3) is 0.308. The molecule has 0 radical (unpaired) electrons. The molecular weight excluding hydrogens is 216 g/mol. The van der Waals surface area contributed by atoms with Gasteiger partial charge in [-0.05, 0) is 17.7 Å². The van der Waals surface area contributed by atoms with Crippen molar-refractivity contribution in [2.45, 2.75) is 26.6 Å². The molecule has 3 heteroatoms. The molecule has 2 nitrogen and oxygen atoms in total. The van der Waals surface area contributed by atoms with Crippen molar-refractivity contribution in [1.29, 1.82) is 0 Å². The third kappa shape index (κ3) is 2.82.